The van der Waals surface area contributed by atoms with Gasteiger partial charge in [-0.1, -0.05) is 90.5 Å². The Hall–Kier alpha value is -5.41. The third kappa shape index (κ3) is 8.94. The number of nitrogens with one attached hydrogen (secondary N) is 1. The van der Waals surface area contributed by atoms with Crippen molar-refractivity contribution >= 4 is 27.5 Å². The molecule has 8 nitrogen and oxygen atoms in total. The number of para-hydroxylation sites is 1. The number of aryl methyl sites for hydroxylation is 2. The second-order valence-corrected chi connectivity index (χ2v) is 13.6. The summed E-state index contributed by atoms with van der Waals surface area (Å²) in [6.45, 7) is 5.60. The fraction of sp³-hybridized carbons (Fsp3) is 0.200. The number of hydrogen-bond acceptors (Lipinski definition) is 5. The van der Waals surface area contributed by atoms with Gasteiger partial charge in [0.25, 0.3) is 10.0 Å². The number of ether oxygens (including phenoxy) is 1. The second-order valence-electron chi connectivity index (χ2n) is 11.8. The smallest absolute Gasteiger partial charge is 0.264 e. The van der Waals surface area contributed by atoms with Crippen LogP contribution in [0.3, 0.4) is 0 Å². The number of likely N-dealkylation sites (N-methyl/N-ethyl adjacent to an activating group) is 1. The molecule has 2 amide bonds. The molecular formula is C40H41N3O5S. The topological polar surface area (TPSA) is 96.0 Å². The quantitative estimate of drug-likeness (QED) is 0.136. The summed E-state index contributed by atoms with van der Waals surface area (Å²) in [5.41, 5.74) is 3.86. The highest BCUT2D eigenvalue weighted by Gasteiger charge is 2.34. The van der Waals surface area contributed by atoms with Crippen molar-refractivity contribution in [1.29, 1.82) is 0 Å². The third-order valence-electron chi connectivity index (χ3n) is 8.22. The van der Waals surface area contributed by atoms with Crippen LogP contribution in [0.1, 0.15) is 29.2 Å². The summed E-state index contributed by atoms with van der Waals surface area (Å²) in [7, 11) is -4.22. The molecule has 0 aliphatic carbocycles. The lowest BCUT2D eigenvalue weighted by atomic mass is 10.0. The summed E-state index contributed by atoms with van der Waals surface area (Å²) in [6, 6.07) is 38.6. The van der Waals surface area contributed by atoms with E-state index in [1.54, 1.807) is 36.4 Å². The summed E-state index contributed by atoms with van der Waals surface area (Å²) in [6.07, 6.45) is 0.251. The molecule has 0 aromatic heterocycles. The Morgan fingerprint density at radius 2 is 1.33 bits per heavy atom. The van der Waals surface area contributed by atoms with Gasteiger partial charge < -0.3 is 15.0 Å². The molecule has 9 heteroatoms. The predicted molar refractivity (Wildman–Crippen MR) is 193 cm³/mol. The van der Waals surface area contributed by atoms with Gasteiger partial charge in [-0.25, -0.2) is 8.42 Å². The van der Waals surface area contributed by atoms with E-state index in [0.717, 1.165) is 26.6 Å². The molecule has 0 aliphatic heterocycles. The molecule has 0 radical (unpaired) electrons. The van der Waals surface area contributed by atoms with Gasteiger partial charge in [0.2, 0.25) is 11.8 Å². The summed E-state index contributed by atoms with van der Waals surface area (Å²) in [4.78, 5) is 29.9. The number of anilines is 1. The van der Waals surface area contributed by atoms with Gasteiger partial charge >= 0.3 is 0 Å². The summed E-state index contributed by atoms with van der Waals surface area (Å²) >= 11 is 0. The van der Waals surface area contributed by atoms with Gasteiger partial charge in [0.1, 0.15) is 24.1 Å². The van der Waals surface area contributed by atoms with E-state index in [1.807, 2.05) is 106 Å². The summed E-state index contributed by atoms with van der Waals surface area (Å²) < 4.78 is 35.7. The molecule has 0 bridgehead atoms. The van der Waals surface area contributed by atoms with Crippen LogP contribution >= 0.6 is 0 Å². The van der Waals surface area contributed by atoms with Crippen LogP contribution in [0.25, 0.3) is 0 Å². The highest BCUT2D eigenvalue weighted by Crippen LogP contribution is 2.29. The molecule has 1 N–H and O–H groups in total. The largest absolute Gasteiger partial charge is 0.457 e. The Balaban J connectivity index is 1.56. The van der Waals surface area contributed by atoms with Crippen LogP contribution in [0.4, 0.5) is 5.69 Å². The Morgan fingerprint density at radius 1 is 0.735 bits per heavy atom. The average molecular weight is 676 g/mol. The highest BCUT2D eigenvalue weighted by molar-refractivity contribution is 7.92. The zero-order valence-electron chi connectivity index (χ0n) is 28.0. The van der Waals surface area contributed by atoms with Crippen molar-refractivity contribution in [1.82, 2.24) is 10.2 Å². The number of rotatable bonds is 14. The minimum atomic E-state index is -4.22. The number of benzene rings is 5. The Kier molecular flexibility index (Phi) is 11.5. The normalized spacial score (nSPS) is 11.7. The zero-order chi connectivity index (χ0) is 34.8. The van der Waals surface area contributed by atoms with Gasteiger partial charge in [-0.15, -0.1) is 0 Å². The maximum atomic E-state index is 14.6. The van der Waals surface area contributed by atoms with Gasteiger partial charge in [0, 0.05) is 19.5 Å². The van der Waals surface area contributed by atoms with Crippen LogP contribution in [0.2, 0.25) is 0 Å². The molecule has 0 aliphatic rings. The molecule has 5 aromatic carbocycles. The third-order valence-corrected chi connectivity index (χ3v) is 10.0. The number of amides is 2. The van der Waals surface area contributed by atoms with Crippen LogP contribution < -0.4 is 14.4 Å². The van der Waals surface area contributed by atoms with E-state index in [0.29, 0.717) is 18.0 Å². The average Bonchev–Trinajstić information content (AvgIpc) is 3.11. The second kappa shape index (κ2) is 16.1. The van der Waals surface area contributed by atoms with Crippen molar-refractivity contribution < 1.29 is 22.7 Å². The SMILES string of the molecule is CCNC(=O)[C@H](Cc1ccccc1)N(Cc1ccccc1C)C(=O)CN(c1ccc(Oc2ccccc2)cc1)S(=O)(=O)c1ccc(C)cc1. The molecule has 0 spiro atoms. The van der Waals surface area contributed by atoms with E-state index in [4.69, 9.17) is 4.74 Å². The first-order valence-electron chi connectivity index (χ1n) is 16.2. The Morgan fingerprint density at radius 3 is 1.96 bits per heavy atom. The Labute approximate surface area is 289 Å². The van der Waals surface area contributed by atoms with Gasteiger partial charge in [-0.3, -0.25) is 13.9 Å². The van der Waals surface area contributed by atoms with E-state index in [9.17, 15) is 18.0 Å². The van der Waals surface area contributed by atoms with Crippen LogP contribution in [0.5, 0.6) is 11.5 Å². The standard InChI is InChI=1S/C40H41N3O5S/c1-4-41-40(45)38(27-32-14-7-5-8-15-32)42(28-33-16-12-11-13-31(33)3)39(44)29-43(49(46,47)37-25-19-30(2)20-26-37)34-21-23-36(24-22-34)48-35-17-9-6-10-18-35/h5-26,38H,4,27-29H2,1-3H3,(H,41,45)/t38-/m0/s1. The van der Waals surface area contributed by atoms with Crippen LogP contribution in [0, 0.1) is 13.8 Å². The van der Waals surface area contributed by atoms with E-state index in [2.05, 4.69) is 5.32 Å². The fourth-order valence-electron chi connectivity index (χ4n) is 5.49. The van der Waals surface area contributed by atoms with Crippen molar-refractivity contribution in [3.63, 3.8) is 0 Å². The first kappa shape index (κ1) is 34.9. The molecule has 252 valence electrons. The van der Waals surface area contributed by atoms with Gasteiger partial charge in [-0.05, 0) is 86.0 Å². The molecule has 5 aromatic rings. The van der Waals surface area contributed by atoms with Gasteiger partial charge in [0.05, 0.1) is 10.6 Å². The van der Waals surface area contributed by atoms with Gasteiger partial charge in [0.15, 0.2) is 0 Å². The van der Waals surface area contributed by atoms with Gasteiger partial charge in [-0.2, -0.15) is 0 Å². The number of carbonyl (C=O) groups excluding carboxylic acids is 2. The van der Waals surface area contributed by atoms with E-state index < -0.39 is 28.5 Å². The molecule has 0 fully saturated rings. The lowest BCUT2D eigenvalue weighted by Gasteiger charge is -2.34. The number of nitrogens with zero attached hydrogens (tertiary/aromatic N) is 2. The Bertz CT molecular complexity index is 1950. The van der Waals surface area contributed by atoms with E-state index in [1.165, 1.54) is 17.0 Å². The van der Waals surface area contributed by atoms with E-state index in [-0.39, 0.29) is 29.5 Å². The summed E-state index contributed by atoms with van der Waals surface area (Å²) in [5, 5.41) is 2.90. The first-order valence-corrected chi connectivity index (χ1v) is 17.7. The number of carbonyl (C=O) groups is 2. The van der Waals surface area contributed by atoms with Crippen LogP contribution in [-0.4, -0.2) is 44.3 Å². The van der Waals surface area contributed by atoms with E-state index >= 15 is 0 Å². The first-order chi connectivity index (χ1) is 23.7. The maximum absolute atomic E-state index is 14.6. The van der Waals surface area contributed by atoms with Crippen molar-refractivity contribution in [3.05, 3.63) is 156 Å². The van der Waals surface area contributed by atoms with Crippen molar-refractivity contribution in [3.8, 4) is 11.5 Å². The molecule has 0 unspecified atom stereocenters. The van der Waals surface area contributed by atoms with Crippen molar-refractivity contribution in [2.45, 2.75) is 44.7 Å². The lowest BCUT2D eigenvalue weighted by Crippen LogP contribution is -2.53. The molecule has 5 rings (SSSR count). The number of hydrogen-bond donors (Lipinski definition) is 1. The number of sulfonamides is 1. The maximum Gasteiger partial charge on any atom is 0.264 e. The molecule has 49 heavy (non-hydrogen) atoms. The predicted octanol–water partition coefficient (Wildman–Crippen LogP) is 7.07. The fourth-order valence-corrected chi connectivity index (χ4v) is 6.90. The minimum absolute atomic E-state index is 0.0468. The van der Waals surface area contributed by atoms with Crippen molar-refractivity contribution in [2.24, 2.45) is 0 Å². The molecule has 1 atom stereocenters. The monoisotopic (exact) mass is 675 g/mol. The zero-order valence-corrected chi connectivity index (χ0v) is 28.8. The lowest BCUT2D eigenvalue weighted by molar-refractivity contribution is -0.140. The molecule has 0 saturated heterocycles. The van der Waals surface area contributed by atoms with Crippen molar-refractivity contribution in [2.75, 3.05) is 17.4 Å². The highest BCUT2D eigenvalue weighted by atomic mass is 32.2. The van der Waals surface area contributed by atoms with Crippen LogP contribution in [-0.2, 0) is 32.6 Å². The van der Waals surface area contributed by atoms with Crippen LogP contribution in [0.15, 0.2) is 138 Å². The molecule has 0 heterocycles. The minimum Gasteiger partial charge on any atom is -0.457 e. The molecular weight excluding hydrogens is 635 g/mol. The summed E-state index contributed by atoms with van der Waals surface area (Å²) in [5.74, 6) is 0.310. The molecule has 0 saturated carbocycles.